The summed E-state index contributed by atoms with van der Waals surface area (Å²) in [5.41, 5.74) is 0.536. The third kappa shape index (κ3) is 1.53. The van der Waals surface area contributed by atoms with Crippen LogP contribution < -0.4 is 0 Å². The fourth-order valence-corrected chi connectivity index (χ4v) is 1.93. The van der Waals surface area contributed by atoms with Gasteiger partial charge in [0.05, 0.1) is 5.02 Å². The Hall–Kier alpha value is -1.35. The second kappa shape index (κ2) is 3.35. The van der Waals surface area contributed by atoms with Crippen LogP contribution in [0.1, 0.15) is 5.56 Å². The van der Waals surface area contributed by atoms with Crippen molar-refractivity contribution in [3.63, 3.8) is 0 Å². The van der Waals surface area contributed by atoms with Gasteiger partial charge in [0.1, 0.15) is 17.4 Å². The maximum atomic E-state index is 13.4. The lowest BCUT2D eigenvalue weighted by atomic mass is 10.0. The molecular formula is C11H7ClF2O. The van der Waals surface area contributed by atoms with Crippen molar-refractivity contribution in [2.75, 3.05) is 0 Å². The second-order valence-corrected chi connectivity index (χ2v) is 3.72. The first-order valence-corrected chi connectivity index (χ1v) is 4.65. The third-order valence-corrected chi connectivity index (χ3v) is 2.63. The SMILES string of the molecule is Cc1cc(O)cc2c(F)cc(F)c(Cl)c12. The summed E-state index contributed by atoms with van der Waals surface area (Å²) in [6.45, 7) is 1.63. The van der Waals surface area contributed by atoms with Crippen LogP contribution in [-0.2, 0) is 0 Å². The molecule has 2 rings (SSSR count). The summed E-state index contributed by atoms with van der Waals surface area (Å²) in [5.74, 6) is -1.59. The average Bonchev–Trinajstić information content (AvgIpc) is 2.13. The predicted octanol–water partition coefficient (Wildman–Crippen LogP) is 3.79. The van der Waals surface area contributed by atoms with Crippen LogP contribution in [0.15, 0.2) is 18.2 Å². The van der Waals surface area contributed by atoms with Crippen LogP contribution in [0, 0.1) is 18.6 Å². The van der Waals surface area contributed by atoms with Gasteiger partial charge in [-0.3, -0.25) is 0 Å². The van der Waals surface area contributed by atoms with Crippen molar-refractivity contribution < 1.29 is 13.9 Å². The number of hydrogen-bond donors (Lipinski definition) is 1. The Kier molecular flexibility index (Phi) is 2.27. The lowest BCUT2D eigenvalue weighted by molar-refractivity contribution is 0.475. The van der Waals surface area contributed by atoms with Gasteiger partial charge in [0.2, 0.25) is 0 Å². The molecule has 1 nitrogen and oxygen atoms in total. The van der Waals surface area contributed by atoms with Gasteiger partial charge in [-0.25, -0.2) is 8.78 Å². The maximum Gasteiger partial charge on any atom is 0.145 e. The number of aryl methyl sites for hydroxylation is 1. The van der Waals surface area contributed by atoms with Gasteiger partial charge in [0.25, 0.3) is 0 Å². The highest BCUT2D eigenvalue weighted by atomic mass is 35.5. The number of fused-ring (bicyclic) bond motifs is 1. The summed E-state index contributed by atoms with van der Waals surface area (Å²) < 4.78 is 26.5. The molecule has 0 saturated heterocycles. The normalized spacial score (nSPS) is 10.9. The summed E-state index contributed by atoms with van der Waals surface area (Å²) in [5, 5.41) is 9.59. The summed E-state index contributed by atoms with van der Waals surface area (Å²) >= 11 is 5.73. The van der Waals surface area contributed by atoms with Crippen molar-refractivity contribution >= 4 is 22.4 Å². The van der Waals surface area contributed by atoms with Gasteiger partial charge in [-0.1, -0.05) is 11.6 Å². The van der Waals surface area contributed by atoms with Crippen molar-refractivity contribution in [2.45, 2.75) is 6.92 Å². The number of benzene rings is 2. The van der Waals surface area contributed by atoms with Crippen molar-refractivity contribution in [1.82, 2.24) is 0 Å². The molecule has 0 amide bonds. The fraction of sp³-hybridized carbons (Fsp3) is 0.0909. The molecule has 0 aromatic heterocycles. The van der Waals surface area contributed by atoms with Gasteiger partial charge in [-0.2, -0.15) is 0 Å². The van der Waals surface area contributed by atoms with Crippen molar-refractivity contribution in [3.8, 4) is 5.75 Å². The van der Waals surface area contributed by atoms with E-state index in [1.807, 2.05) is 0 Å². The molecule has 2 aromatic rings. The fourth-order valence-electron chi connectivity index (χ4n) is 1.62. The summed E-state index contributed by atoms with van der Waals surface area (Å²) in [4.78, 5) is 0. The smallest absolute Gasteiger partial charge is 0.145 e. The van der Waals surface area contributed by atoms with E-state index in [-0.39, 0.29) is 16.2 Å². The van der Waals surface area contributed by atoms with Crippen LogP contribution in [0.2, 0.25) is 5.02 Å². The van der Waals surface area contributed by atoms with E-state index in [1.165, 1.54) is 12.1 Å². The second-order valence-electron chi connectivity index (χ2n) is 3.34. The molecule has 0 bridgehead atoms. The molecule has 0 fully saturated rings. The Labute approximate surface area is 89.9 Å². The first-order chi connectivity index (χ1) is 7.00. The average molecular weight is 229 g/mol. The summed E-state index contributed by atoms with van der Waals surface area (Å²) in [6, 6.07) is 3.35. The molecule has 1 N–H and O–H groups in total. The molecule has 0 heterocycles. The molecule has 0 radical (unpaired) electrons. The van der Waals surface area contributed by atoms with Gasteiger partial charge in [-0.15, -0.1) is 0 Å². The number of halogens is 3. The number of phenols is 1. The Morgan fingerprint density at radius 1 is 1.13 bits per heavy atom. The van der Waals surface area contributed by atoms with Crippen molar-refractivity contribution in [1.29, 1.82) is 0 Å². The van der Waals surface area contributed by atoms with Gasteiger partial charge < -0.3 is 5.11 Å². The molecule has 4 heteroatoms. The van der Waals surface area contributed by atoms with Crippen LogP contribution in [-0.4, -0.2) is 5.11 Å². The Morgan fingerprint density at radius 3 is 2.47 bits per heavy atom. The van der Waals surface area contributed by atoms with Crippen LogP contribution in [0.4, 0.5) is 8.78 Å². The Bertz CT molecular complexity index is 552. The van der Waals surface area contributed by atoms with Gasteiger partial charge in [0.15, 0.2) is 0 Å². The zero-order valence-corrected chi connectivity index (χ0v) is 8.57. The first-order valence-electron chi connectivity index (χ1n) is 4.27. The van der Waals surface area contributed by atoms with E-state index >= 15 is 0 Å². The van der Waals surface area contributed by atoms with Crippen LogP contribution >= 0.6 is 11.6 Å². The van der Waals surface area contributed by atoms with Crippen LogP contribution in [0.3, 0.4) is 0 Å². The van der Waals surface area contributed by atoms with Crippen molar-refractivity contribution in [2.24, 2.45) is 0 Å². The van der Waals surface area contributed by atoms with E-state index in [9.17, 15) is 13.9 Å². The van der Waals surface area contributed by atoms with E-state index in [4.69, 9.17) is 11.6 Å². The molecule has 0 saturated carbocycles. The summed E-state index contributed by atoms with van der Waals surface area (Å²) in [6.07, 6.45) is 0. The minimum atomic E-state index is -0.796. The quantitative estimate of drug-likeness (QED) is 0.681. The molecule has 2 aromatic carbocycles. The largest absolute Gasteiger partial charge is 0.508 e. The molecule has 0 spiro atoms. The van der Waals surface area contributed by atoms with Crippen molar-refractivity contribution in [3.05, 3.63) is 40.4 Å². The van der Waals surface area contributed by atoms with E-state index < -0.39 is 11.6 Å². The van der Waals surface area contributed by atoms with Crippen LogP contribution in [0.25, 0.3) is 10.8 Å². The number of hydrogen-bond acceptors (Lipinski definition) is 1. The zero-order chi connectivity index (χ0) is 11.2. The molecule has 0 atom stereocenters. The third-order valence-electron chi connectivity index (χ3n) is 2.26. The highest BCUT2D eigenvalue weighted by molar-refractivity contribution is 6.36. The minimum Gasteiger partial charge on any atom is -0.508 e. The van der Waals surface area contributed by atoms with E-state index in [0.29, 0.717) is 17.0 Å². The van der Waals surface area contributed by atoms with Gasteiger partial charge in [0, 0.05) is 16.8 Å². The molecule has 78 valence electrons. The topological polar surface area (TPSA) is 20.2 Å². The van der Waals surface area contributed by atoms with E-state index in [0.717, 1.165) is 0 Å². The lowest BCUT2D eigenvalue weighted by Gasteiger charge is -2.07. The number of rotatable bonds is 0. The number of phenolic OH excluding ortho intramolecular Hbond substituents is 1. The highest BCUT2D eigenvalue weighted by Crippen LogP contribution is 2.33. The first kappa shape index (κ1) is 10.2. The molecule has 0 unspecified atom stereocenters. The van der Waals surface area contributed by atoms with Crippen LogP contribution in [0.5, 0.6) is 5.75 Å². The van der Waals surface area contributed by atoms with Gasteiger partial charge in [-0.05, 0) is 24.6 Å². The summed E-state index contributed by atoms with van der Waals surface area (Å²) in [7, 11) is 0. The maximum absolute atomic E-state index is 13.4. The molecule has 0 aliphatic heterocycles. The monoisotopic (exact) mass is 228 g/mol. The standard InChI is InChI=1S/C11H7ClF2O/c1-5-2-6(15)3-7-8(13)4-9(14)11(12)10(5)7/h2-4,15H,1H3. The van der Waals surface area contributed by atoms with Gasteiger partial charge >= 0.3 is 0 Å². The lowest BCUT2D eigenvalue weighted by Crippen LogP contribution is -1.89. The molecular weight excluding hydrogens is 222 g/mol. The minimum absolute atomic E-state index is 0.0680. The van der Waals surface area contributed by atoms with E-state index in [2.05, 4.69) is 0 Å². The molecule has 0 aliphatic rings. The highest BCUT2D eigenvalue weighted by Gasteiger charge is 2.13. The molecule has 15 heavy (non-hydrogen) atoms. The Balaban J connectivity index is 3.03. The molecule has 0 aliphatic carbocycles. The number of aromatic hydroxyl groups is 1. The Morgan fingerprint density at radius 2 is 1.80 bits per heavy atom. The van der Waals surface area contributed by atoms with E-state index in [1.54, 1.807) is 6.92 Å². The zero-order valence-electron chi connectivity index (χ0n) is 7.81. The predicted molar refractivity (Wildman–Crippen MR) is 55.3 cm³/mol.